The molecule has 0 spiro atoms. The summed E-state index contributed by atoms with van der Waals surface area (Å²) in [4.78, 5) is 0. The Kier molecular flexibility index (Phi) is 3.68. The molecule has 0 amide bonds. The van der Waals surface area contributed by atoms with Gasteiger partial charge >= 0.3 is 12.4 Å². The van der Waals surface area contributed by atoms with E-state index in [0.29, 0.717) is 6.07 Å². The van der Waals surface area contributed by atoms with Crippen LogP contribution >= 0.6 is 11.3 Å². The maximum Gasteiger partial charge on any atom is 0.420 e. The van der Waals surface area contributed by atoms with Gasteiger partial charge in [0, 0.05) is 5.38 Å². The van der Waals surface area contributed by atoms with Gasteiger partial charge in [0.15, 0.2) is 0 Å². The van der Waals surface area contributed by atoms with Gasteiger partial charge in [-0.1, -0.05) is 6.07 Å². The number of hydrogen-bond acceptors (Lipinski definition) is 2. The standard InChI is InChI=1S/C12H6F6OS/c13-11(14,15)8-2-1-3-9(10(8)12(16,17)18)19-7-4-5-20-6-7/h1-6H. The van der Waals surface area contributed by atoms with Crippen molar-refractivity contribution in [3.8, 4) is 11.5 Å². The number of benzene rings is 1. The molecule has 2 aromatic rings. The summed E-state index contributed by atoms with van der Waals surface area (Å²) in [6, 6.07) is 3.48. The highest BCUT2D eigenvalue weighted by molar-refractivity contribution is 7.08. The highest BCUT2D eigenvalue weighted by Crippen LogP contribution is 2.45. The molecule has 1 heterocycles. The minimum atomic E-state index is -5.17. The van der Waals surface area contributed by atoms with Crippen molar-refractivity contribution in [2.75, 3.05) is 0 Å². The van der Waals surface area contributed by atoms with E-state index in [9.17, 15) is 26.3 Å². The van der Waals surface area contributed by atoms with Crippen LogP contribution in [0.15, 0.2) is 35.0 Å². The number of halogens is 6. The first-order valence-electron chi connectivity index (χ1n) is 5.17. The maximum atomic E-state index is 12.9. The lowest BCUT2D eigenvalue weighted by molar-refractivity contribution is -0.162. The highest BCUT2D eigenvalue weighted by atomic mass is 32.1. The van der Waals surface area contributed by atoms with Crippen LogP contribution in [-0.4, -0.2) is 0 Å². The topological polar surface area (TPSA) is 9.23 Å². The minimum Gasteiger partial charge on any atom is -0.456 e. The van der Waals surface area contributed by atoms with Crippen molar-refractivity contribution >= 4 is 11.3 Å². The van der Waals surface area contributed by atoms with Crippen molar-refractivity contribution in [1.29, 1.82) is 0 Å². The van der Waals surface area contributed by atoms with Gasteiger partial charge in [-0.2, -0.15) is 26.3 Å². The second kappa shape index (κ2) is 5.01. The number of thiophene rings is 1. The maximum absolute atomic E-state index is 12.9. The van der Waals surface area contributed by atoms with Crippen LogP contribution < -0.4 is 4.74 Å². The van der Waals surface area contributed by atoms with Gasteiger partial charge in [-0.05, 0) is 23.6 Å². The van der Waals surface area contributed by atoms with Crippen LogP contribution in [-0.2, 0) is 12.4 Å². The van der Waals surface area contributed by atoms with Crippen LogP contribution in [0.5, 0.6) is 11.5 Å². The molecule has 0 aliphatic carbocycles. The van der Waals surface area contributed by atoms with Crippen LogP contribution in [0.2, 0.25) is 0 Å². The van der Waals surface area contributed by atoms with E-state index in [2.05, 4.69) is 0 Å². The summed E-state index contributed by atoms with van der Waals surface area (Å²) in [7, 11) is 0. The quantitative estimate of drug-likeness (QED) is 0.658. The van der Waals surface area contributed by atoms with Crippen molar-refractivity contribution < 1.29 is 31.1 Å². The molecule has 0 saturated carbocycles. The molecule has 0 N–H and O–H groups in total. The molecule has 108 valence electrons. The van der Waals surface area contributed by atoms with Gasteiger partial charge in [-0.25, -0.2) is 0 Å². The van der Waals surface area contributed by atoms with Gasteiger partial charge in [0.2, 0.25) is 0 Å². The summed E-state index contributed by atoms with van der Waals surface area (Å²) < 4.78 is 81.6. The molecular formula is C12H6F6OS. The first-order chi connectivity index (χ1) is 9.19. The molecule has 0 bridgehead atoms. The smallest absolute Gasteiger partial charge is 0.420 e. The van der Waals surface area contributed by atoms with Gasteiger partial charge < -0.3 is 4.74 Å². The number of alkyl halides is 6. The summed E-state index contributed by atoms with van der Waals surface area (Å²) >= 11 is 1.15. The van der Waals surface area contributed by atoms with E-state index in [4.69, 9.17) is 4.74 Å². The monoisotopic (exact) mass is 312 g/mol. The third kappa shape index (κ3) is 3.06. The van der Waals surface area contributed by atoms with Gasteiger partial charge in [0.25, 0.3) is 0 Å². The van der Waals surface area contributed by atoms with Gasteiger partial charge in [-0.3, -0.25) is 0 Å². The molecule has 0 unspecified atom stereocenters. The van der Waals surface area contributed by atoms with Crippen molar-refractivity contribution in [2.45, 2.75) is 12.4 Å². The molecule has 0 radical (unpaired) electrons. The van der Waals surface area contributed by atoms with Crippen molar-refractivity contribution in [1.82, 2.24) is 0 Å². The number of ether oxygens (including phenoxy) is 1. The molecule has 2 rings (SSSR count). The summed E-state index contributed by atoms with van der Waals surface area (Å²) in [6.07, 6.45) is -10.3. The zero-order valence-corrected chi connectivity index (χ0v) is 10.4. The molecule has 1 aromatic heterocycles. The third-order valence-corrected chi connectivity index (χ3v) is 3.00. The second-order valence-electron chi connectivity index (χ2n) is 3.74. The Balaban J connectivity index is 2.57. The van der Waals surface area contributed by atoms with E-state index in [0.717, 1.165) is 23.5 Å². The fraction of sp³-hybridized carbons (Fsp3) is 0.167. The Bertz CT molecular complexity index is 585. The third-order valence-electron chi connectivity index (χ3n) is 2.34. The Morgan fingerprint density at radius 3 is 2.10 bits per heavy atom. The highest BCUT2D eigenvalue weighted by Gasteiger charge is 2.45. The molecule has 0 atom stereocenters. The Labute approximate surface area is 113 Å². The molecule has 0 aliphatic rings. The fourth-order valence-electron chi connectivity index (χ4n) is 1.58. The molecule has 8 heteroatoms. The van der Waals surface area contributed by atoms with Crippen LogP contribution in [0.1, 0.15) is 11.1 Å². The van der Waals surface area contributed by atoms with Crippen LogP contribution in [0.4, 0.5) is 26.3 Å². The molecule has 20 heavy (non-hydrogen) atoms. The van der Waals surface area contributed by atoms with Gasteiger partial charge in [0.05, 0.1) is 5.56 Å². The molecule has 1 nitrogen and oxygen atoms in total. The first-order valence-corrected chi connectivity index (χ1v) is 6.11. The van der Waals surface area contributed by atoms with E-state index < -0.39 is 29.2 Å². The van der Waals surface area contributed by atoms with Crippen LogP contribution in [0.25, 0.3) is 0 Å². The first kappa shape index (κ1) is 14.7. The SMILES string of the molecule is FC(F)(F)c1cccc(Oc2ccsc2)c1C(F)(F)F. The lowest BCUT2D eigenvalue weighted by Gasteiger charge is -2.18. The second-order valence-corrected chi connectivity index (χ2v) is 4.52. The van der Waals surface area contributed by atoms with E-state index in [1.807, 2.05) is 0 Å². The lowest BCUT2D eigenvalue weighted by atomic mass is 10.1. The average molecular weight is 312 g/mol. The van der Waals surface area contributed by atoms with E-state index >= 15 is 0 Å². The zero-order chi connectivity index (χ0) is 15.0. The van der Waals surface area contributed by atoms with Crippen LogP contribution in [0.3, 0.4) is 0 Å². The van der Waals surface area contributed by atoms with E-state index in [1.165, 1.54) is 16.8 Å². The molecule has 0 aliphatic heterocycles. The molecular weight excluding hydrogens is 306 g/mol. The Morgan fingerprint density at radius 2 is 1.60 bits per heavy atom. The number of hydrogen-bond donors (Lipinski definition) is 0. The number of rotatable bonds is 2. The van der Waals surface area contributed by atoms with E-state index in [-0.39, 0.29) is 5.75 Å². The van der Waals surface area contributed by atoms with Crippen molar-refractivity contribution in [2.24, 2.45) is 0 Å². The Hall–Kier alpha value is -1.70. The van der Waals surface area contributed by atoms with Gasteiger partial charge in [-0.15, -0.1) is 11.3 Å². The van der Waals surface area contributed by atoms with Crippen LogP contribution in [0, 0.1) is 0 Å². The lowest BCUT2D eigenvalue weighted by Crippen LogP contribution is -2.17. The average Bonchev–Trinajstić information content (AvgIpc) is 2.79. The summed E-state index contributed by atoms with van der Waals surface area (Å²) in [5, 5.41) is 2.93. The minimum absolute atomic E-state index is 0.0554. The van der Waals surface area contributed by atoms with Crippen molar-refractivity contribution in [3.63, 3.8) is 0 Å². The predicted molar refractivity (Wildman–Crippen MR) is 60.8 cm³/mol. The van der Waals surface area contributed by atoms with E-state index in [1.54, 1.807) is 0 Å². The Morgan fingerprint density at radius 1 is 0.900 bits per heavy atom. The molecule has 0 fully saturated rings. The zero-order valence-electron chi connectivity index (χ0n) is 9.55. The molecule has 0 saturated heterocycles. The van der Waals surface area contributed by atoms with Gasteiger partial charge in [0.1, 0.15) is 17.1 Å². The largest absolute Gasteiger partial charge is 0.456 e. The molecule has 1 aromatic carbocycles. The summed E-state index contributed by atoms with van der Waals surface area (Å²) in [5.41, 5.74) is -3.59. The normalized spacial score (nSPS) is 12.5. The fourth-order valence-corrected chi connectivity index (χ4v) is 2.13. The predicted octanol–water partition coefficient (Wildman–Crippen LogP) is 5.58. The van der Waals surface area contributed by atoms with Crippen molar-refractivity contribution in [3.05, 3.63) is 46.2 Å². The summed E-state index contributed by atoms with van der Waals surface area (Å²) in [5.74, 6) is -0.814. The summed E-state index contributed by atoms with van der Waals surface area (Å²) in [6.45, 7) is 0.